The fraction of sp³-hybridized carbons (Fsp3) is 0.214. The van der Waals surface area contributed by atoms with Crippen LogP contribution in [0.4, 0.5) is 5.95 Å². The quantitative estimate of drug-likeness (QED) is 0.713. The van der Waals surface area contributed by atoms with Crippen LogP contribution in [-0.4, -0.2) is 26.1 Å². The molecule has 0 saturated carbocycles. The second kappa shape index (κ2) is 4.19. The third-order valence-corrected chi connectivity index (χ3v) is 3.73. The van der Waals surface area contributed by atoms with Gasteiger partial charge in [-0.05, 0) is 17.5 Å². The standard InChI is InChI=1S/C14H13N5O/c20-14-17-16-12-5-7-15-13(19(12)14)18-8-6-10-3-1-2-4-11(10)9-18/h1-5,7H,6,8-9H2,(H,17,20). The van der Waals surface area contributed by atoms with Crippen LogP contribution in [0.15, 0.2) is 41.3 Å². The van der Waals surface area contributed by atoms with Crippen molar-refractivity contribution in [3.63, 3.8) is 0 Å². The first-order chi connectivity index (χ1) is 9.83. The van der Waals surface area contributed by atoms with E-state index in [1.54, 1.807) is 12.3 Å². The second-order valence-corrected chi connectivity index (χ2v) is 4.91. The van der Waals surface area contributed by atoms with Crippen molar-refractivity contribution in [1.82, 2.24) is 19.6 Å². The van der Waals surface area contributed by atoms with Crippen molar-refractivity contribution in [2.45, 2.75) is 13.0 Å². The van der Waals surface area contributed by atoms with Gasteiger partial charge in [-0.1, -0.05) is 24.3 Å². The highest BCUT2D eigenvalue weighted by Gasteiger charge is 2.20. The number of rotatable bonds is 1. The summed E-state index contributed by atoms with van der Waals surface area (Å²) in [7, 11) is 0. The monoisotopic (exact) mass is 267 g/mol. The highest BCUT2D eigenvalue weighted by atomic mass is 16.1. The molecule has 4 rings (SSSR count). The normalized spacial score (nSPS) is 14.5. The summed E-state index contributed by atoms with van der Waals surface area (Å²) < 4.78 is 1.52. The number of hydrogen-bond acceptors (Lipinski definition) is 4. The maximum atomic E-state index is 11.9. The Labute approximate surface area is 114 Å². The number of H-pyrrole nitrogens is 1. The molecule has 0 spiro atoms. The largest absolute Gasteiger partial charge is 0.350 e. The van der Waals surface area contributed by atoms with E-state index in [9.17, 15) is 4.79 Å². The molecule has 6 heteroatoms. The molecule has 0 atom stereocenters. The van der Waals surface area contributed by atoms with Crippen LogP contribution in [0, 0.1) is 0 Å². The SMILES string of the molecule is O=c1[nH]nc2ccnc(N3CCc4ccccc4C3)n12. The molecule has 100 valence electrons. The minimum atomic E-state index is -0.248. The van der Waals surface area contributed by atoms with Gasteiger partial charge in [-0.3, -0.25) is 0 Å². The molecule has 1 aromatic carbocycles. The van der Waals surface area contributed by atoms with Crippen LogP contribution < -0.4 is 10.6 Å². The van der Waals surface area contributed by atoms with Crippen molar-refractivity contribution in [3.05, 3.63) is 58.1 Å². The van der Waals surface area contributed by atoms with Gasteiger partial charge in [0, 0.05) is 25.4 Å². The van der Waals surface area contributed by atoms with E-state index in [2.05, 4.69) is 38.3 Å². The zero-order valence-corrected chi connectivity index (χ0v) is 10.8. The predicted octanol–water partition coefficient (Wildman–Crippen LogP) is 0.980. The third-order valence-electron chi connectivity index (χ3n) is 3.73. The molecule has 0 amide bonds. The molecule has 0 unspecified atom stereocenters. The summed E-state index contributed by atoms with van der Waals surface area (Å²) in [4.78, 5) is 18.3. The van der Waals surface area contributed by atoms with Crippen molar-refractivity contribution < 1.29 is 0 Å². The van der Waals surface area contributed by atoms with Crippen LogP contribution in [0.1, 0.15) is 11.1 Å². The molecule has 1 aliphatic heterocycles. The molecular weight excluding hydrogens is 254 g/mol. The summed E-state index contributed by atoms with van der Waals surface area (Å²) >= 11 is 0. The van der Waals surface area contributed by atoms with Crippen LogP contribution in [-0.2, 0) is 13.0 Å². The van der Waals surface area contributed by atoms with E-state index in [1.807, 2.05) is 6.07 Å². The Morgan fingerprint density at radius 2 is 2.00 bits per heavy atom. The maximum Gasteiger partial charge on any atom is 0.350 e. The first-order valence-corrected chi connectivity index (χ1v) is 6.57. The maximum absolute atomic E-state index is 11.9. The van der Waals surface area contributed by atoms with Gasteiger partial charge in [0.05, 0.1) is 0 Å². The Kier molecular flexibility index (Phi) is 2.35. The summed E-state index contributed by atoms with van der Waals surface area (Å²) in [6.07, 6.45) is 2.65. The summed E-state index contributed by atoms with van der Waals surface area (Å²) in [5, 5.41) is 6.44. The summed E-state index contributed by atoms with van der Waals surface area (Å²) in [6.45, 7) is 1.61. The molecule has 3 heterocycles. The van der Waals surface area contributed by atoms with Crippen molar-refractivity contribution in [2.75, 3.05) is 11.4 Å². The van der Waals surface area contributed by atoms with Gasteiger partial charge in [-0.2, -0.15) is 5.10 Å². The molecule has 1 aliphatic rings. The fourth-order valence-electron chi connectivity index (χ4n) is 2.73. The van der Waals surface area contributed by atoms with Crippen molar-refractivity contribution in [3.8, 4) is 0 Å². The summed E-state index contributed by atoms with van der Waals surface area (Å²) in [5.41, 5.74) is 3.00. The van der Waals surface area contributed by atoms with Gasteiger partial charge in [-0.15, -0.1) is 0 Å². The van der Waals surface area contributed by atoms with Gasteiger partial charge in [-0.25, -0.2) is 19.3 Å². The van der Waals surface area contributed by atoms with E-state index < -0.39 is 0 Å². The van der Waals surface area contributed by atoms with E-state index in [0.29, 0.717) is 11.6 Å². The van der Waals surface area contributed by atoms with E-state index >= 15 is 0 Å². The Bertz CT molecular complexity index is 835. The molecule has 0 saturated heterocycles. The first kappa shape index (κ1) is 11.2. The third kappa shape index (κ3) is 1.61. The van der Waals surface area contributed by atoms with Crippen LogP contribution in [0.25, 0.3) is 5.65 Å². The minimum Gasteiger partial charge on any atom is -0.337 e. The van der Waals surface area contributed by atoms with E-state index in [4.69, 9.17) is 0 Å². The van der Waals surface area contributed by atoms with Crippen molar-refractivity contribution in [1.29, 1.82) is 0 Å². The average molecular weight is 267 g/mol. The van der Waals surface area contributed by atoms with Crippen LogP contribution in [0.3, 0.4) is 0 Å². The summed E-state index contributed by atoms with van der Waals surface area (Å²) in [5.74, 6) is 0.649. The first-order valence-electron chi connectivity index (χ1n) is 6.57. The number of aromatic amines is 1. The van der Waals surface area contributed by atoms with Crippen molar-refractivity contribution in [2.24, 2.45) is 0 Å². The Morgan fingerprint density at radius 3 is 2.90 bits per heavy atom. The average Bonchev–Trinajstić information content (AvgIpc) is 2.88. The molecule has 2 aromatic heterocycles. The number of anilines is 1. The number of fused-ring (bicyclic) bond motifs is 2. The van der Waals surface area contributed by atoms with Crippen molar-refractivity contribution >= 4 is 11.6 Å². The smallest absolute Gasteiger partial charge is 0.337 e. The second-order valence-electron chi connectivity index (χ2n) is 4.91. The number of benzene rings is 1. The van der Waals surface area contributed by atoms with Gasteiger partial charge in [0.25, 0.3) is 0 Å². The lowest BCUT2D eigenvalue weighted by Gasteiger charge is -2.29. The molecule has 0 aliphatic carbocycles. The lowest BCUT2D eigenvalue weighted by Crippen LogP contribution is -2.33. The highest BCUT2D eigenvalue weighted by Crippen LogP contribution is 2.22. The fourth-order valence-corrected chi connectivity index (χ4v) is 2.73. The molecular formula is C14H13N5O. The number of nitrogens with one attached hydrogen (secondary N) is 1. The van der Waals surface area contributed by atoms with Gasteiger partial charge in [0.2, 0.25) is 5.95 Å². The zero-order valence-electron chi connectivity index (χ0n) is 10.8. The van der Waals surface area contributed by atoms with E-state index in [1.165, 1.54) is 15.5 Å². The molecule has 20 heavy (non-hydrogen) atoms. The number of nitrogens with zero attached hydrogens (tertiary/aromatic N) is 4. The lowest BCUT2D eigenvalue weighted by atomic mass is 10.0. The molecule has 0 fully saturated rings. The Hall–Kier alpha value is -2.63. The lowest BCUT2D eigenvalue weighted by molar-refractivity contribution is 0.698. The van der Waals surface area contributed by atoms with Gasteiger partial charge in [0.1, 0.15) is 0 Å². The molecule has 3 aromatic rings. The zero-order chi connectivity index (χ0) is 13.5. The number of hydrogen-bond donors (Lipinski definition) is 1. The van der Waals surface area contributed by atoms with E-state index in [0.717, 1.165) is 19.5 Å². The molecule has 6 nitrogen and oxygen atoms in total. The van der Waals surface area contributed by atoms with Crippen LogP contribution in [0.5, 0.6) is 0 Å². The van der Waals surface area contributed by atoms with Crippen LogP contribution in [0.2, 0.25) is 0 Å². The highest BCUT2D eigenvalue weighted by molar-refractivity contribution is 5.47. The predicted molar refractivity (Wildman–Crippen MR) is 74.8 cm³/mol. The molecule has 1 N–H and O–H groups in total. The van der Waals surface area contributed by atoms with Gasteiger partial charge in [0.15, 0.2) is 5.65 Å². The minimum absolute atomic E-state index is 0.248. The summed E-state index contributed by atoms with van der Waals surface area (Å²) in [6, 6.07) is 10.1. The molecule has 0 radical (unpaired) electrons. The Balaban J connectivity index is 1.82. The molecule has 0 bridgehead atoms. The topological polar surface area (TPSA) is 66.3 Å². The Morgan fingerprint density at radius 1 is 1.15 bits per heavy atom. The van der Waals surface area contributed by atoms with E-state index in [-0.39, 0.29) is 5.69 Å². The van der Waals surface area contributed by atoms with Gasteiger partial charge >= 0.3 is 5.69 Å². The van der Waals surface area contributed by atoms with Crippen LogP contribution >= 0.6 is 0 Å². The van der Waals surface area contributed by atoms with Gasteiger partial charge < -0.3 is 4.90 Å². The number of aromatic nitrogens is 4.